The number of hydrogen-bond acceptors (Lipinski definition) is 3. The van der Waals surface area contributed by atoms with E-state index in [-0.39, 0.29) is 0 Å². The molecule has 0 amide bonds. The van der Waals surface area contributed by atoms with Crippen LogP contribution in [-0.4, -0.2) is 22.8 Å². The van der Waals surface area contributed by atoms with Crippen molar-refractivity contribution in [2.75, 3.05) is 7.11 Å². The summed E-state index contributed by atoms with van der Waals surface area (Å²) in [6, 6.07) is 2.77. The molecule has 1 aromatic heterocycles. The maximum atomic E-state index is 12.6. The molecule has 1 aromatic rings. The zero-order chi connectivity index (χ0) is 10.2. The molecule has 3 nitrogen and oxygen atoms in total. The van der Waals surface area contributed by atoms with Crippen molar-refractivity contribution in [3.8, 4) is 0 Å². The number of aromatic nitrogens is 1. The number of halogens is 1. The molecule has 0 aromatic carbocycles. The summed E-state index contributed by atoms with van der Waals surface area (Å²) in [5, 5.41) is 9.89. The van der Waals surface area contributed by atoms with Gasteiger partial charge in [0.05, 0.1) is 17.5 Å². The largest absolute Gasteiger partial charge is 0.384 e. The number of aliphatic hydroxyl groups excluding tert-OH is 1. The summed E-state index contributed by atoms with van der Waals surface area (Å²) >= 11 is 0. The standard InChI is InChI=1S/C10H12FNO2/c1-14-10(4-5-10)9(13)8-3-2-7(11)6-12-8/h2-3,6,9,13H,4-5H2,1H3. The van der Waals surface area contributed by atoms with Gasteiger partial charge in [0.15, 0.2) is 0 Å². The van der Waals surface area contributed by atoms with Crippen LogP contribution in [-0.2, 0) is 4.74 Å². The minimum Gasteiger partial charge on any atom is -0.384 e. The molecule has 1 atom stereocenters. The van der Waals surface area contributed by atoms with Crippen LogP contribution in [0.25, 0.3) is 0 Å². The molecule has 1 fully saturated rings. The monoisotopic (exact) mass is 197 g/mol. The summed E-state index contributed by atoms with van der Waals surface area (Å²) < 4.78 is 17.8. The van der Waals surface area contributed by atoms with Crippen molar-refractivity contribution in [2.45, 2.75) is 24.5 Å². The van der Waals surface area contributed by atoms with E-state index < -0.39 is 17.5 Å². The molecular formula is C10H12FNO2. The van der Waals surface area contributed by atoms with Crippen LogP contribution in [0.5, 0.6) is 0 Å². The van der Waals surface area contributed by atoms with Gasteiger partial charge in [-0.3, -0.25) is 4.98 Å². The third-order valence-electron chi connectivity index (χ3n) is 2.68. The molecule has 14 heavy (non-hydrogen) atoms. The molecule has 1 saturated carbocycles. The first-order valence-electron chi connectivity index (χ1n) is 4.53. The first kappa shape index (κ1) is 9.55. The highest BCUT2D eigenvalue weighted by atomic mass is 19.1. The van der Waals surface area contributed by atoms with Gasteiger partial charge in [-0.2, -0.15) is 0 Å². The third-order valence-corrected chi connectivity index (χ3v) is 2.68. The third kappa shape index (κ3) is 1.51. The van der Waals surface area contributed by atoms with E-state index in [4.69, 9.17) is 4.74 Å². The quantitative estimate of drug-likeness (QED) is 0.797. The molecule has 1 N–H and O–H groups in total. The first-order chi connectivity index (χ1) is 6.68. The van der Waals surface area contributed by atoms with Gasteiger partial charge in [-0.15, -0.1) is 0 Å². The highest BCUT2D eigenvalue weighted by Gasteiger charge is 2.50. The minimum atomic E-state index is -0.756. The van der Waals surface area contributed by atoms with Crippen molar-refractivity contribution in [1.82, 2.24) is 4.98 Å². The summed E-state index contributed by atoms with van der Waals surface area (Å²) in [6.07, 6.45) is 1.99. The van der Waals surface area contributed by atoms with Crippen LogP contribution in [0, 0.1) is 5.82 Å². The molecule has 0 spiro atoms. The molecule has 2 rings (SSSR count). The number of ether oxygens (including phenoxy) is 1. The molecule has 76 valence electrons. The molecule has 0 aliphatic heterocycles. The van der Waals surface area contributed by atoms with Gasteiger partial charge in [0, 0.05) is 7.11 Å². The Hall–Kier alpha value is -1.00. The van der Waals surface area contributed by atoms with Gasteiger partial charge in [0.1, 0.15) is 11.9 Å². The fourth-order valence-electron chi connectivity index (χ4n) is 1.53. The highest BCUT2D eigenvalue weighted by molar-refractivity contribution is 5.16. The lowest BCUT2D eigenvalue weighted by Gasteiger charge is -2.19. The average molecular weight is 197 g/mol. The van der Waals surface area contributed by atoms with E-state index in [1.165, 1.54) is 12.1 Å². The average Bonchev–Trinajstić information content (AvgIpc) is 2.99. The second-order valence-electron chi connectivity index (χ2n) is 3.57. The smallest absolute Gasteiger partial charge is 0.141 e. The van der Waals surface area contributed by atoms with E-state index in [0.717, 1.165) is 19.0 Å². The number of aliphatic hydroxyl groups is 1. The summed E-state index contributed by atoms with van der Waals surface area (Å²) in [5.74, 6) is -0.400. The Morgan fingerprint density at radius 2 is 2.29 bits per heavy atom. The number of pyridine rings is 1. The first-order valence-corrected chi connectivity index (χ1v) is 4.53. The SMILES string of the molecule is COC1(C(O)c2ccc(F)cn2)CC1. The summed E-state index contributed by atoms with van der Waals surface area (Å²) in [4.78, 5) is 3.83. The molecule has 1 aliphatic carbocycles. The molecule has 4 heteroatoms. The Bertz CT molecular complexity index is 321. The fraction of sp³-hybridized carbons (Fsp3) is 0.500. The molecule has 1 unspecified atom stereocenters. The van der Waals surface area contributed by atoms with Crippen molar-refractivity contribution in [1.29, 1.82) is 0 Å². The predicted octanol–water partition coefficient (Wildman–Crippen LogP) is 1.43. The highest BCUT2D eigenvalue weighted by Crippen LogP contribution is 2.48. The number of rotatable bonds is 3. The van der Waals surface area contributed by atoms with Gasteiger partial charge in [-0.1, -0.05) is 0 Å². The van der Waals surface area contributed by atoms with E-state index in [1.54, 1.807) is 7.11 Å². The van der Waals surface area contributed by atoms with Crippen molar-refractivity contribution in [3.05, 3.63) is 29.8 Å². The van der Waals surface area contributed by atoms with E-state index in [1.807, 2.05) is 0 Å². The number of nitrogens with zero attached hydrogens (tertiary/aromatic N) is 1. The predicted molar refractivity (Wildman–Crippen MR) is 48.1 cm³/mol. The second-order valence-corrected chi connectivity index (χ2v) is 3.57. The Morgan fingerprint density at radius 1 is 1.57 bits per heavy atom. The lowest BCUT2D eigenvalue weighted by Crippen LogP contribution is -2.23. The number of hydrogen-bond donors (Lipinski definition) is 1. The summed E-state index contributed by atoms with van der Waals surface area (Å²) in [6.45, 7) is 0. The van der Waals surface area contributed by atoms with Gasteiger partial charge >= 0.3 is 0 Å². The fourth-order valence-corrected chi connectivity index (χ4v) is 1.53. The van der Waals surface area contributed by atoms with Crippen molar-refractivity contribution >= 4 is 0 Å². The van der Waals surface area contributed by atoms with Crippen LogP contribution in [0.2, 0.25) is 0 Å². The van der Waals surface area contributed by atoms with E-state index in [2.05, 4.69) is 4.98 Å². The Morgan fingerprint density at radius 3 is 2.71 bits per heavy atom. The van der Waals surface area contributed by atoms with E-state index in [0.29, 0.717) is 5.69 Å². The van der Waals surface area contributed by atoms with E-state index in [9.17, 15) is 9.50 Å². The molecule has 1 heterocycles. The Balaban J connectivity index is 2.19. The Labute approximate surface area is 81.5 Å². The topological polar surface area (TPSA) is 42.4 Å². The van der Waals surface area contributed by atoms with Crippen LogP contribution in [0.15, 0.2) is 18.3 Å². The maximum Gasteiger partial charge on any atom is 0.141 e. The lowest BCUT2D eigenvalue weighted by molar-refractivity contribution is -0.0354. The van der Waals surface area contributed by atoms with Crippen molar-refractivity contribution < 1.29 is 14.2 Å². The number of methoxy groups -OCH3 is 1. The molecule has 0 radical (unpaired) electrons. The van der Waals surface area contributed by atoms with Crippen LogP contribution in [0.3, 0.4) is 0 Å². The second kappa shape index (κ2) is 3.29. The van der Waals surface area contributed by atoms with Gasteiger partial charge in [0.2, 0.25) is 0 Å². The van der Waals surface area contributed by atoms with Crippen LogP contribution < -0.4 is 0 Å². The van der Waals surface area contributed by atoms with Crippen LogP contribution in [0.4, 0.5) is 4.39 Å². The molecular weight excluding hydrogens is 185 g/mol. The summed E-state index contributed by atoms with van der Waals surface area (Å²) in [7, 11) is 1.57. The van der Waals surface area contributed by atoms with Crippen LogP contribution >= 0.6 is 0 Å². The molecule has 1 aliphatic rings. The van der Waals surface area contributed by atoms with Gasteiger partial charge < -0.3 is 9.84 Å². The summed E-state index contributed by atoms with van der Waals surface area (Å²) in [5.41, 5.74) is -0.0177. The Kier molecular flexibility index (Phi) is 2.25. The van der Waals surface area contributed by atoms with Crippen LogP contribution in [0.1, 0.15) is 24.6 Å². The van der Waals surface area contributed by atoms with E-state index >= 15 is 0 Å². The van der Waals surface area contributed by atoms with Gasteiger partial charge in [-0.25, -0.2) is 4.39 Å². The minimum absolute atomic E-state index is 0.400. The lowest BCUT2D eigenvalue weighted by atomic mass is 10.1. The van der Waals surface area contributed by atoms with Crippen molar-refractivity contribution in [3.63, 3.8) is 0 Å². The maximum absolute atomic E-state index is 12.6. The molecule has 0 saturated heterocycles. The van der Waals surface area contributed by atoms with Gasteiger partial charge in [0.25, 0.3) is 0 Å². The zero-order valence-electron chi connectivity index (χ0n) is 7.90. The molecule has 0 bridgehead atoms. The van der Waals surface area contributed by atoms with Gasteiger partial charge in [-0.05, 0) is 25.0 Å². The van der Waals surface area contributed by atoms with Crippen molar-refractivity contribution in [2.24, 2.45) is 0 Å². The zero-order valence-corrected chi connectivity index (χ0v) is 7.90. The normalized spacial score (nSPS) is 20.5.